The number of aromatic hydroxyl groups is 1. The van der Waals surface area contributed by atoms with Gasteiger partial charge in [0, 0.05) is 12.7 Å². The summed E-state index contributed by atoms with van der Waals surface area (Å²) in [7, 11) is -2.04. The smallest absolute Gasteiger partial charge is 0.233 e. The van der Waals surface area contributed by atoms with Crippen LogP contribution in [-0.2, 0) is 10.0 Å². The average Bonchev–Trinajstić information content (AvgIpc) is 2.06. The molecule has 0 radical (unpaired) electrons. The average molecular weight is 216 g/mol. The normalized spacial score (nSPS) is 11.4. The molecule has 1 aromatic rings. The number of aromatic nitrogens is 1. The van der Waals surface area contributed by atoms with Crippen molar-refractivity contribution in [3.8, 4) is 5.75 Å². The molecule has 0 fully saturated rings. The van der Waals surface area contributed by atoms with Gasteiger partial charge in [-0.15, -0.1) is 0 Å². The predicted molar refractivity (Wildman–Crippen MR) is 53.9 cm³/mol. The summed E-state index contributed by atoms with van der Waals surface area (Å²) in [5.41, 5.74) is 0.647. The number of aryl methyl sites for hydroxylation is 1. The summed E-state index contributed by atoms with van der Waals surface area (Å²) in [6.07, 6.45) is 1.05. The van der Waals surface area contributed by atoms with Crippen LogP contribution in [0.5, 0.6) is 5.75 Å². The van der Waals surface area contributed by atoms with E-state index in [0.29, 0.717) is 5.69 Å². The van der Waals surface area contributed by atoms with E-state index in [4.69, 9.17) is 0 Å². The van der Waals surface area contributed by atoms with Crippen molar-refractivity contribution in [2.45, 2.75) is 6.92 Å². The van der Waals surface area contributed by atoms with Gasteiger partial charge in [-0.1, -0.05) is 0 Å². The number of anilines is 1. The van der Waals surface area contributed by atoms with Gasteiger partial charge in [0.2, 0.25) is 10.0 Å². The Labute approximate surface area is 83.1 Å². The summed E-state index contributed by atoms with van der Waals surface area (Å²) < 4.78 is 23.3. The van der Waals surface area contributed by atoms with Gasteiger partial charge in [-0.3, -0.25) is 4.31 Å². The van der Waals surface area contributed by atoms with Crippen LogP contribution < -0.4 is 4.31 Å². The quantitative estimate of drug-likeness (QED) is 0.781. The molecule has 0 aliphatic heterocycles. The predicted octanol–water partition coefficient (Wildman–Crippen LogP) is 0.491. The Morgan fingerprint density at radius 2 is 2.00 bits per heavy atom. The van der Waals surface area contributed by atoms with Crippen LogP contribution in [0.4, 0.5) is 5.82 Å². The molecule has 0 bridgehead atoms. The monoisotopic (exact) mass is 216 g/mol. The highest BCUT2D eigenvalue weighted by Crippen LogP contribution is 2.24. The zero-order valence-corrected chi connectivity index (χ0v) is 9.04. The Kier molecular flexibility index (Phi) is 2.66. The molecule has 6 heteroatoms. The van der Waals surface area contributed by atoms with Crippen LogP contribution in [-0.4, -0.2) is 31.8 Å². The van der Waals surface area contributed by atoms with Crippen LogP contribution in [0.25, 0.3) is 0 Å². The molecule has 0 atom stereocenters. The van der Waals surface area contributed by atoms with Crippen molar-refractivity contribution >= 4 is 15.8 Å². The molecular weight excluding hydrogens is 204 g/mol. The Bertz CT molecular complexity index is 442. The van der Waals surface area contributed by atoms with E-state index in [1.807, 2.05) is 0 Å². The maximum Gasteiger partial charge on any atom is 0.233 e. The highest BCUT2D eigenvalue weighted by Gasteiger charge is 2.16. The van der Waals surface area contributed by atoms with E-state index < -0.39 is 10.0 Å². The number of nitrogens with zero attached hydrogens (tertiary/aromatic N) is 2. The second-order valence-electron chi connectivity index (χ2n) is 3.03. The molecule has 5 nitrogen and oxygen atoms in total. The molecule has 0 amide bonds. The van der Waals surface area contributed by atoms with Gasteiger partial charge >= 0.3 is 0 Å². The molecule has 0 aliphatic carbocycles. The van der Waals surface area contributed by atoms with Crippen LogP contribution in [0.15, 0.2) is 12.1 Å². The fourth-order valence-electron chi connectivity index (χ4n) is 0.924. The lowest BCUT2D eigenvalue weighted by Gasteiger charge is -2.16. The van der Waals surface area contributed by atoms with Gasteiger partial charge < -0.3 is 5.11 Å². The van der Waals surface area contributed by atoms with E-state index in [9.17, 15) is 13.5 Å². The van der Waals surface area contributed by atoms with Crippen LogP contribution in [0.1, 0.15) is 5.69 Å². The molecule has 1 rings (SSSR count). The zero-order chi connectivity index (χ0) is 10.9. The summed E-state index contributed by atoms with van der Waals surface area (Å²) in [6.45, 7) is 1.72. The molecular formula is C8H12N2O3S. The van der Waals surface area contributed by atoms with Gasteiger partial charge in [0.05, 0.1) is 6.26 Å². The molecule has 0 saturated heterocycles. The van der Waals surface area contributed by atoms with E-state index in [1.54, 1.807) is 13.0 Å². The molecule has 0 spiro atoms. The van der Waals surface area contributed by atoms with Gasteiger partial charge in [0.25, 0.3) is 0 Å². The first-order chi connectivity index (χ1) is 6.32. The zero-order valence-electron chi connectivity index (χ0n) is 8.22. The van der Waals surface area contributed by atoms with Crippen LogP contribution in [0.2, 0.25) is 0 Å². The Morgan fingerprint density at radius 3 is 2.50 bits per heavy atom. The lowest BCUT2D eigenvalue weighted by Crippen LogP contribution is -2.25. The van der Waals surface area contributed by atoms with Crippen LogP contribution in [0, 0.1) is 6.92 Å². The SMILES string of the molecule is Cc1ccc(O)c(N(C)S(C)(=O)=O)n1. The molecule has 0 unspecified atom stereocenters. The molecule has 0 aromatic carbocycles. The number of hydrogen-bond acceptors (Lipinski definition) is 4. The summed E-state index contributed by atoms with van der Waals surface area (Å²) in [5, 5.41) is 9.40. The van der Waals surface area contributed by atoms with E-state index in [1.165, 1.54) is 13.1 Å². The van der Waals surface area contributed by atoms with E-state index in [0.717, 1.165) is 10.6 Å². The maximum absolute atomic E-state index is 11.2. The number of sulfonamides is 1. The van der Waals surface area contributed by atoms with E-state index in [-0.39, 0.29) is 11.6 Å². The highest BCUT2D eigenvalue weighted by atomic mass is 32.2. The molecule has 0 saturated carbocycles. The first-order valence-electron chi connectivity index (χ1n) is 3.93. The Morgan fingerprint density at radius 1 is 1.43 bits per heavy atom. The third-order valence-electron chi connectivity index (χ3n) is 1.79. The van der Waals surface area contributed by atoms with E-state index in [2.05, 4.69) is 4.98 Å². The van der Waals surface area contributed by atoms with Crippen molar-refractivity contribution in [3.05, 3.63) is 17.8 Å². The second kappa shape index (κ2) is 3.45. The second-order valence-corrected chi connectivity index (χ2v) is 5.04. The molecule has 0 aliphatic rings. The Hall–Kier alpha value is -1.30. The lowest BCUT2D eigenvalue weighted by molar-refractivity contribution is 0.473. The summed E-state index contributed by atoms with van der Waals surface area (Å²) in [4.78, 5) is 3.94. The topological polar surface area (TPSA) is 70.5 Å². The van der Waals surface area contributed by atoms with Crippen molar-refractivity contribution in [3.63, 3.8) is 0 Å². The third kappa shape index (κ3) is 2.14. The summed E-state index contributed by atoms with van der Waals surface area (Å²) in [5.74, 6) is -0.101. The fraction of sp³-hybridized carbons (Fsp3) is 0.375. The molecule has 1 heterocycles. The largest absolute Gasteiger partial charge is 0.504 e. The van der Waals surface area contributed by atoms with Crippen molar-refractivity contribution in [1.82, 2.24) is 4.98 Å². The highest BCUT2D eigenvalue weighted by molar-refractivity contribution is 7.92. The number of hydrogen-bond donors (Lipinski definition) is 1. The molecule has 78 valence electrons. The van der Waals surface area contributed by atoms with E-state index >= 15 is 0 Å². The summed E-state index contributed by atoms with van der Waals surface area (Å²) >= 11 is 0. The molecule has 1 aromatic heterocycles. The van der Waals surface area contributed by atoms with Crippen LogP contribution in [0.3, 0.4) is 0 Å². The summed E-state index contributed by atoms with van der Waals surface area (Å²) in [6, 6.07) is 3.02. The Balaban J connectivity index is 3.26. The fourth-order valence-corrected chi connectivity index (χ4v) is 1.37. The molecule has 1 N–H and O–H groups in total. The maximum atomic E-state index is 11.2. The van der Waals surface area contributed by atoms with Gasteiger partial charge in [-0.2, -0.15) is 0 Å². The van der Waals surface area contributed by atoms with Crippen LogP contribution >= 0.6 is 0 Å². The van der Waals surface area contributed by atoms with Gasteiger partial charge in [-0.25, -0.2) is 13.4 Å². The molecule has 14 heavy (non-hydrogen) atoms. The first-order valence-corrected chi connectivity index (χ1v) is 5.77. The first kappa shape index (κ1) is 10.8. The van der Waals surface area contributed by atoms with Gasteiger partial charge in [-0.05, 0) is 19.1 Å². The number of rotatable bonds is 2. The number of pyridine rings is 1. The van der Waals surface area contributed by atoms with Crippen molar-refractivity contribution in [2.24, 2.45) is 0 Å². The van der Waals surface area contributed by atoms with Crippen molar-refractivity contribution in [1.29, 1.82) is 0 Å². The minimum Gasteiger partial charge on any atom is -0.504 e. The van der Waals surface area contributed by atoms with Crippen molar-refractivity contribution < 1.29 is 13.5 Å². The minimum atomic E-state index is -3.38. The van der Waals surface area contributed by atoms with Gasteiger partial charge in [0.15, 0.2) is 11.6 Å². The van der Waals surface area contributed by atoms with Crippen molar-refractivity contribution in [2.75, 3.05) is 17.6 Å². The lowest BCUT2D eigenvalue weighted by atomic mass is 10.3. The standard InChI is InChI=1S/C8H12N2O3S/c1-6-4-5-7(11)8(9-6)10(2)14(3,12)13/h4-5,11H,1-3H3. The third-order valence-corrected chi connectivity index (χ3v) is 2.96. The minimum absolute atomic E-state index is 0.0486. The van der Waals surface area contributed by atoms with Gasteiger partial charge in [0.1, 0.15) is 0 Å².